The highest BCUT2D eigenvalue weighted by Crippen LogP contribution is 2.26. The second kappa shape index (κ2) is 5.17. The van der Waals surface area contributed by atoms with Crippen LogP contribution >= 0.6 is 11.3 Å². The molecule has 0 spiro atoms. The fourth-order valence-corrected chi connectivity index (χ4v) is 2.34. The van der Waals surface area contributed by atoms with Gasteiger partial charge in [-0.1, -0.05) is 6.07 Å². The smallest absolute Gasteiger partial charge is 0.239 e. The van der Waals surface area contributed by atoms with Crippen molar-refractivity contribution < 1.29 is 0 Å². The summed E-state index contributed by atoms with van der Waals surface area (Å²) in [6, 6.07) is 5.47. The lowest BCUT2D eigenvalue weighted by molar-refractivity contribution is 1.09. The van der Waals surface area contributed by atoms with Crippen molar-refractivity contribution in [1.82, 2.24) is 25.1 Å². The fraction of sp³-hybridized carbons (Fsp3) is 0. The van der Waals surface area contributed by atoms with Gasteiger partial charge in [0.15, 0.2) is 11.8 Å². The predicted octanol–water partition coefficient (Wildman–Crippen LogP) is 0.477. The Morgan fingerprint density at radius 3 is 2.62 bits per heavy atom. The summed E-state index contributed by atoms with van der Waals surface area (Å²) < 4.78 is 0. The van der Waals surface area contributed by atoms with Crippen LogP contribution in [-0.2, 0) is 0 Å². The molecule has 0 unspecified atom stereocenters. The molecule has 9 nitrogen and oxygen atoms in total. The number of pyridine rings is 1. The van der Waals surface area contributed by atoms with Gasteiger partial charge >= 0.3 is 0 Å². The van der Waals surface area contributed by atoms with Gasteiger partial charge in [-0.05, 0) is 12.1 Å². The molecule has 7 N–H and O–H groups in total. The monoisotopic (exact) mass is 301 g/mol. The summed E-state index contributed by atoms with van der Waals surface area (Å²) in [5.74, 6) is 0.629. The van der Waals surface area contributed by atoms with Crippen LogP contribution < -0.4 is 17.2 Å². The summed E-state index contributed by atoms with van der Waals surface area (Å²) in [4.78, 5) is 16.7. The highest BCUT2D eigenvalue weighted by molar-refractivity contribution is 7.13. The van der Waals surface area contributed by atoms with Gasteiger partial charge in [0, 0.05) is 5.38 Å². The Morgan fingerprint density at radius 2 is 1.90 bits per heavy atom. The van der Waals surface area contributed by atoms with Crippen LogP contribution in [0.4, 0.5) is 11.1 Å². The quantitative estimate of drug-likeness (QED) is 0.404. The summed E-state index contributed by atoms with van der Waals surface area (Å²) >= 11 is 1.32. The van der Waals surface area contributed by atoms with E-state index in [0.29, 0.717) is 28.0 Å². The molecule has 0 fully saturated rings. The third kappa shape index (κ3) is 2.79. The van der Waals surface area contributed by atoms with E-state index in [1.807, 2.05) is 17.5 Å². The van der Waals surface area contributed by atoms with E-state index in [9.17, 15) is 0 Å². The van der Waals surface area contributed by atoms with E-state index in [4.69, 9.17) is 17.2 Å². The summed E-state index contributed by atoms with van der Waals surface area (Å²) in [7, 11) is 0. The van der Waals surface area contributed by atoms with Gasteiger partial charge in [0.25, 0.3) is 0 Å². The summed E-state index contributed by atoms with van der Waals surface area (Å²) in [6.45, 7) is 0. The molecule has 0 saturated heterocycles. The van der Waals surface area contributed by atoms with Crippen molar-refractivity contribution >= 4 is 28.4 Å². The Morgan fingerprint density at radius 1 is 1.10 bits per heavy atom. The molecule has 10 heteroatoms. The number of guanidine groups is 1. The highest BCUT2D eigenvalue weighted by Gasteiger charge is 2.09. The van der Waals surface area contributed by atoms with Gasteiger partial charge in [-0.3, -0.25) is 5.10 Å². The van der Waals surface area contributed by atoms with Crippen molar-refractivity contribution in [3.05, 3.63) is 23.6 Å². The molecule has 3 aromatic heterocycles. The molecular weight excluding hydrogens is 290 g/mol. The van der Waals surface area contributed by atoms with E-state index in [0.717, 1.165) is 0 Å². The van der Waals surface area contributed by atoms with Crippen LogP contribution in [0, 0.1) is 0 Å². The first kappa shape index (κ1) is 13.0. The standard InChI is InChI=1S/C11H11N9S/c12-9(13)18-11-16-7(4-21-11)5-2-1-3-6(15-5)8-17-10(14)20-19-8/h1-4H,(H4,12,13,16,18)(H3,14,17,19,20). The molecule has 0 radical (unpaired) electrons. The minimum atomic E-state index is -0.0326. The zero-order chi connectivity index (χ0) is 14.8. The second-order valence-electron chi connectivity index (χ2n) is 4.00. The third-order valence-corrected chi connectivity index (χ3v) is 3.21. The minimum absolute atomic E-state index is 0.0326. The maximum Gasteiger partial charge on any atom is 0.239 e. The molecule has 3 rings (SSSR count). The second-order valence-corrected chi connectivity index (χ2v) is 4.84. The number of nitrogens with one attached hydrogen (secondary N) is 1. The number of H-pyrrole nitrogens is 1. The van der Waals surface area contributed by atoms with Crippen LogP contribution in [0.15, 0.2) is 28.6 Å². The van der Waals surface area contributed by atoms with Crippen molar-refractivity contribution in [1.29, 1.82) is 0 Å². The largest absolute Gasteiger partial charge is 0.370 e. The van der Waals surface area contributed by atoms with Crippen molar-refractivity contribution in [3.8, 4) is 22.9 Å². The predicted molar refractivity (Wildman–Crippen MR) is 80.6 cm³/mol. The molecule has 3 aromatic rings. The molecule has 21 heavy (non-hydrogen) atoms. The maximum atomic E-state index is 5.48. The summed E-state index contributed by atoms with van der Waals surface area (Å²) in [5, 5.41) is 8.78. The number of thiazole rings is 1. The fourth-order valence-electron chi connectivity index (χ4n) is 1.64. The van der Waals surface area contributed by atoms with Gasteiger partial charge in [0.1, 0.15) is 11.4 Å². The number of anilines is 1. The first-order valence-electron chi connectivity index (χ1n) is 5.82. The molecule has 0 atom stereocenters. The molecule has 0 aliphatic carbocycles. The first-order chi connectivity index (χ1) is 10.1. The van der Waals surface area contributed by atoms with E-state index < -0.39 is 0 Å². The maximum absolute atomic E-state index is 5.48. The van der Waals surface area contributed by atoms with Crippen LogP contribution in [0.5, 0.6) is 0 Å². The summed E-state index contributed by atoms with van der Waals surface area (Å²) in [5.41, 5.74) is 18.1. The van der Waals surface area contributed by atoms with Gasteiger partial charge in [-0.15, -0.1) is 16.4 Å². The number of nitrogens with two attached hydrogens (primary N) is 3. The first-order valence-corrected chi connectivity index (χ1v) is 6.70. The number of hydrogen-bond acceptors (Lipinski definition) is 7. The topological polar surface area (TPSA) is 158 Å². The molecule has 0 aromatic carbocycles. The Labute approximate surface area is 123 Å². The molecular formula is C11H11N9S. The molecule has 0 amide bonds. The van der Waals surface area contributed by atoms with E-state index in [1.54, 1.807) is 6.07 Å². The average Bonchev–Trinajstić information content (AvgIpc) is 3.07. The van der Waals surface area contributed by atoms with Crippen LogP contribution in [0.3, 0.4) is 0 Å². The Hall–Kier alpha value is -3.01. The number of aromatic nitrogens is 5. The van der Waals surface area contributed by atoms with Crippen LogP contribution in [0.25, 0.3) is 22.9 Å². The zero-order valence-corrected chi connectivity index (χ0v) is 11.5. The summed E-state index contributed by atoms with van der Waals surface area (Å²) in [6.07, 6.45) is 0. The SMILES string of the molecule is NC(N)=Nc1nc(-c2cccc(-c3nc(N)n[nH]3)n2)cs1. The highest BCUT2D eigenvalue weighted by atomic mass is 32.1. The van der Waals surface area contributed by atoms with Gasteiger partial charge in [-0.25, -0.2) is 9.97 Å². The minimum Gasteiger partial charge on any atom is -0.370 e. The molecule has 0 bridgehead atoms. The normalized spacial score (nSPS) is 10.5. The molecule has 0 aliphatic rings. The molecule has 0 saturated carbocycles. The zero-order valence-electron chi connectivity index (χ0n) is 10.7. The van der Waals surface area contributed by atoms with Crippen molar-refractivity contribution in [2.24, 2.45) is 16.5 Å². The van der Waals surface area contributed by atoms with Gasteiger partial charge < -0.3 is 17.2 Å². The van der Waals surface area contributed by atoms with Crippen LogP contribution in [0.1, 0.15) is 0 Å². The van der Waals surface area contributed by atoms with Crippen molar-refractivity contribution in [2.45, 2.75) is 0 Å². The molecule has 0 aliphatic heterocycles. The number of aliphatic imine (C=N–C) groups is 1. The average molecular weight is 301 g/mol. The van der Waals surface area contributed by atoms with Gasteiger partial charge in [0.2, 0.25) is 11.1 Å². The molecule has 3 heterocycles. The number of nitrogens with zero attached hydrogens (tertiary/aromatic N) is 5. The lowest BCUT2D eigenvalue weighted by Crippen LogP contribution is -2.21. The van der Waals surface area contributed by atoms with Gasteiger partial charge in [0.05, 0.1) is 5.69 Å². The Kier molecular flexibility index (Phi) is 3.20. The van der Waals surface area contributed by atoms with E-state index in [-0.39, 0.29) is 11.9 Å². The number of rotatable bonds is 3. The molecule has 106 valence electrons. The Balaban J connectivity index is 1.96. The van der Waals surface area contributed by atoms with Gasteiger partial charge in [-0.2, -0.15) is 9.98 Å². The van der Waals surface area contributed by atoms with E-state index >= 15 is 0 Å². The van der Waals surface area contributed by atoms with Crippen LogP contribution in [0.2, 0.25) is 0 Å². The number of aromatic amines is 1. The van der Waals surface area contributed by atoms with E-state index in [1.165, 1.54) is 11.3 Å². The Bertz CT molecular complexity index is 799. The van der Waals surface area contributed by atoms with Crippen molar-refractivity contribution in [3.63, 3.8) is 0 Å². The van der Waals surface area contributed by atoms with Crippen molar-refractivity contribution in [2.75, 3.05) is 5.73 Å². The lowest BCUT2D eigenvalue weighted by atomic mass is 10.2. The third-order valence-electron chi connectivity index (χ3n) is 2.47. The van der Waals surface area contributed by atoms with E-state index in [2.05, 4.69) is 30.1 Å². The number of hydrogen-bond donors (Lipinski definition) is 4. The van der Waals surface area contributed by atoms with Crippen LogP contribution in [-0.4, -0.2) is 31.1 Å². The lowest BCUT2D eigenvalue weighted by Gasteiger charge is -1.99. The number of nitrogen functional groups attached to an aromatic ring is 1.